The first-order chi connectivity index (χ1) is 4.16. The minimum atomic E-state index is -0.315. The van der Waals surface area contributed by atoms with E-state index in [-0.39, 0.29) is 11.7 Å². The van der Waals surface area contributed by atoms with Crippen molar-refractivity contribution in [1.82, 2.24) is 0 Å². The molecule has 0 radical (unpaired) electrons. The topological polar surface area (TPSA) is 49.7 Å². The van der Waals surface area contributed by atoms with E-state index in [0.29, 0.717) is 6.61 Å². The fraction of sp³-hybridized carbons (Fsp3) is 0.333. The normalized spacial score (nSPS) is 11.0. The van der Waals surface area contributed by atoms with Gasteiger partial charge in [0.25, 0.3) is 5.95 Å². The Morgan fingerprint density at radius 2 is 2.22 bits per heavy atom. The lowest BCUT2D eigenvalue weighted by molar-refractivity contribution is 0.101. The highest BCUT2D eigenvalue weighted by Gasteiger charge is 1.89. The molecule has 52 valence electrons. The third kappa shape index (κ3) is 4.74. The first-order valence-corrected chi connectivity index (χ1v) is 2.58. The van der Waals surface area contributed by atoms with Gasteiger partial charge in [-0.2, -0.15) is 0 Å². The number of hydrogen-bond donors (Lipinski definition) is 2. The number of allylic oxidation sites excluding steroid dienone is 1. The third-order valence-electron chi connectivity index (χ3n) is 0.582. The number of hydrogen-bond acceptors (Lipinski definition) is 3. The van der Waals surface area contributed by atoms with Crippen LogP contribution in [0.4, 0.5) is 0 Å². The molecule has 3 heteroatoms. The van der Waals surface area contributed by atoms with Crippen molar-refractivity contribution in [2.24, 2.45) is 0 Å². The van der Waals surface area contributed by atoms with Gasteiger partial charge < -0.3 is 14.9 Å². The van der Waals surface area contributed by atoms with E-state index in [0.717, 1.165) is 6.08 Å². The monoisotopic (exact) mass is 130 g/mol. The lowest BCUT2D eigenvalue weighted by atomic mass is 10.5. The zero-order valence-electron chi connectivity index (χ0n) is 5.29. The van der Waals surface area contributed by atoms with Crippen LogP contribution >= 0.6 is 0 Å². The largest absolute Gasteiger partial charge is 0.508 e. The highest BCUT2D eigenvalue weighted by atomic mass is 16.6. The second kappa shape index (κ2) is 3.83. The van der Waals surface area contributed by atoms with Crippen molar-refractivity contribution in [3.63, 3.8) is 0 Å². The Morgan fingerprint density at radius 1 is 1.67 bits per heavy atom. The van der Waals surface area contributed by atoms with Crippen LogP contribution in [-0.4, -0.2) is 16.8 Å². The molecular weight excluding hydrogens is 120 g/mol. The smallest absolute Gasteiger partial charge is 0.280 e. The Bertz CT molecular complexity index is 126. The van der Waals surface area contributed by atoms with Crippen molar-refractivity contribution in [2.45, 2.75) is 6.92 Å². The highest BCUT2D eigenvalue weighted by Crippen LogP contribution is 1.94. The molecule has 0 saturated carbocycles. The number of aliphatic hydroxyl groups excluding tert-OH is 2. The molecule has 9 heavy (non-hydrogen) atoms. The summed E-state index contributed by atoms with van der Waals surface area (Å²) >= 11 is 0. The van der Waals surface area contributed by atoms with Crippen LogP contribution in [0.3, 0.4) is 0 Å². The van der Waals surface area contributed by atoms with Crippen LogP contribution in [-0.2, 0) is 4.74 Å². The van der Waals surface area contributed by atoms with Crippen molar-refractivity contribution in [3.05, 3.63) is 24.4 Å². The van der Waals surface area contributed by atoms with Gasteiger partial charge in [-0.15, -0.1) is 0 Å². The summed E-state index contributed by atoms with van der Waals surface area (Å²) in [4.78, 5) is 0. The van der Waals surface area contributed by atoms with Gasteiger partial charge in [0.05, 0.1) is 12.7 Å². The number of ether oxygens (including phenoxy) is 1. The fourth-order valence-corrected chi connectivity index (χ4v) is 0.332. The van der Waals surface area contributed by atoms with Gasteiger partial charge in [0.15, 0.2) is 0 Å². The molecule has 0 heterocycles. The number of rotatable bonds is 3. The Kier molecular flexibility index (Phi) is 3.35. The van der Waals surface area contributed by atoms with Gasteiger partial charge >= 0.3 is 0 Å². The van der Waals surface area contributed by atoms with Gasteiger partial charge in [0.2, 0.25) is 0 Å². The van der Waals surface area contributed by atoms with Gasteiger partial charge in [-0.05, 0) is 6.92 Å². The van der Waals surface area contributed by atoms with E-state index < -0.39 is 0 Å². The zero-order chi connectivity index (χ0) is 7.28. The van der Waals surface area contributed by atoms with Gasteiger partial charge in [0.1, 0.15) is 5.76 Å². The van der Waals surface area contributed by atoms with Gasteiger partial charge in [-0.25, -0.2) is 0 Å². The van der Waals surface area contributed by atoms with Crippen LogP contribution < -0.4 is 0 Å². The average molecular weight is 130 g/mol. The third-order valence-corrected chi connectivity index (χ3v) is 0.582. The molecule has 0 bridgehead atoms. The summed E-state index contributed by atoms with van der Waals surface area (Å²) in [6, 6.07) is 0. The first-order valence-electron chi connectivity index (χ1n) is 2.58. The van der Waals surface area contributed by atoms with Crippen LogP contribution in [0.1, 0.15) is 6.92 Å². The summed E-state index contributed by atoms with van der Waals surface area (Å²) in [6.07, 6.45) is 1.03. The standard InChI is InChI=1S/C6H10O3/c1-3-9-6(8)4-5(2)7/h4,7-8H,2-3H2,1H3/b6-4+. The molecule has 0 aliphatic rings. The minimum Gasteiger partial charge on any atom is -0.508 e. The summed E-state index contributed by atoms with van der Waals surface area (Å²) in [5, 5.41) is 17.1. The lowest BCUT2D eigenvalue weighted by Gasteiger charge is -1.97. The predicted octanol–water partition coefficient (Wildman–Crippen LogP) is 1.49. The SMILES string of the molecule is C=C(O)/C=C(\O)OCC. The maximum Gasteiger partial charge on any atom is 0.280 e. The summed E-state index contributed by atoms with van der Waals surface area (Å²) in [7, 11) is 0. The molecule has 0 atom stereocenters. The Labute approximate surface area is 53.9 Å². The quantitative estimate of drug-likeness (QED) is 0.449. The van der Waals surface area contributed by atoms with Crippen molar-refractivity contribution in [3.8, 4) is 0 Å². The van der Waals surface area contributed by atoms with E-state index in [2.05, 4.69) is 11.3 Å². The summed E-state index contributed by atoms with van der Waals surface area (Å²) in [5.74, 6) is -0.536. The molecule has 2 N–H and O–H groups in total. The van der Waals surface area contributed by atoms with Crippen LogP contribution in [0.15, 0.2) is 24.4 Å². The Balaban J connectivity index is 3.69. The van der Waals surface area contributed by atoms with Crippen LogP contribution in [0.5, 0.6) is 0 Å². The van der Waals surface area contributed by atoms with Gasteiger partial charge in [0, 0.05) is 0 Å². The van der Waals surface area contributed by atoms with Gasteiger partial charge in [-0.1, -0.05) is 6.58 Å². The van der Waals surface area contributed by atoms with Crippen molar-refractivity contribution in [1.29, 1.82) is 0 Å². The molecule has 0 saturated heterocycles. The molecule has 0 aliphatic carbocycles. The molecule has 0 spiro atoms. The van der Waals surface area contributed by atoms with E-state index in [4.69, 9.17) is 10.2 Å². The van der Waals surface area contributed by atoms with Crippen LogP contribution in [0.25, 0.3) is 0 Å². The van der Waals surface area contributed by atoms with E-state index in [1.807, 2.05) is 0 Å². The van der Waals surface area contributed by atoms with Crippen LogP contribution in [0, 0.1) is 0 Å². The maximum absolute atomic E-state index is 8.64. The van der Waals surface area contributed by atoms with E-state index in [1.54, 1.807) is 6.92 Å². The average Bonchev–Trinajstić information content (AvgIpc) is 1.63. The van der Waals surface area contributed by atoms with Crippen molar-refractivity contribution in [2.75, 3.05) is 6.61 Å². The Hall–Kier alpha value is -1.12. The Morgan fingerprint density at radius 3 is 2.56 bits per heavy atom. The molecule has 0 unspecified atom stereocenters. The molecule has 0 rings (SSSR count). The summed E-state index contributed by atoms with van der Waals surface area (Å²) in [5.41, 5.74) is 0. The molecule has 0 aromatic rings. The second-order valence-corrected chi connectivity index (χ2v) is 1.41. The van der Waals surface area contributed by atoms with E-state index in [1.165, 1.54) is 0 Å². The molecular formula is C6H10O3. The van der Waals surface area contributed by atoms with Crippen LogP contribution in [0.2, 0.25) is 0 Å². The summed E-state index contributed by atoms with van der Waals surface area (Å²) in [6.45, 7) is 5.21. The molecule has 0 fully saturated rings. The van der Waals surface area contributed by atoms with E-state index >= 15 is 0 Å². The predicted molar refractivity (Wildman–Crippen MR) is 34.1 cm³/mol. The van der Waals surface area contributed by atoms with Crippen molar-refractivity contribution < 1.29 is 14.9 Å². The van der Waals surface area contributed by atoms with Gasteiger partial charge in [-0.3, -0.25) is 0 Å². The highest BCUT2D eigenvalue weighted by molar-refractivity contribution is 5.05. The minimum absolute atomic E-state index is 0.221. The fourth-order valence-electron chi connectivity index (χ4n) is 0.332. The maximum atomic E-state index is 8.64. The molecule has 0 aromatic carbocycles. The molecule has 0 aliphatic heterocycles. The number of aliphatic hydroxyl groups is 2. The van der Waals surface area contributed by atoms with E-state index in [9.17, 15) is 0 Å². The zero-order valence-corrected chi connectivity index (χ0v) is 5.29. The molecule has 3 nitrogen and oxygen atoms in total. The first kappa shape index (κ1) is 7.88. The second-order valence-electron chi connectivity index (χ2n) is 1.41. The lowest BCUT2D eigenvalue weighted by Crippen LogP contribution is -1.89. The molecule has 0 aromatic heterocycles. The summed E-state index contributed by atoms with van der Waals surface area (Å²) < 4.78 is 4.55. The molecule has 0 amide bonds. The van der Waals surface area contributed by atoms with Crippen molar-refractivity contribution >= 4 is 0 Å².